The lowest BCUT2D eigenvalue weighted by Gasteiger charge is -2.07. The van der Waals surface area contributed by atoms with Crippen LogP contribution in [0.5, 0.6) is 0 Å². The third kappa shape index (κ3) is 12.6. The first-order valence-corrected chi connectivity index (χ1v) is 4.38. The van der Waals surface area contributed by atoms with Crippen LogP contribution in [0.25, 0.3) is 0 Å². The molecule has 88 valence electrons. The van der Waals surface area contributed by atoms with Crippen LogP contribution in [0.1, 0.15) is 27.2 Å². The zero-order valence-electron chi connectivity index (χ0n) is 9.06. The molecule has 0 heterocycles. The Bertz CT molecular complexity index is 225. The highest BCUT2D eigenvalue weighted by molar-refractivity contribution is 5.93. The summed E-state index contributed by atoms with van der Waals surface area (Å²) in [5.41, 5.74) is 5.16. The van der Waals surface area contributed by atoms with Crippen molar-refractivity contribution in [2.75, 3.05) is 0 Å². The Hall–Kier alpha value is -1.43. The molecule has 0 rings (SSSR count). The van der Waals surface area contributed by atoms with Crippen molar-refractivity contribution < 1.29 is 24.6 Å². The van der Waals surface area contributed by atoms with Crippen LogP contribution in [0.2, 0.25) is 0 Å². The van der Waals surface area contributed by atoms with Crippen LogP contribution >= 0.6 is 0 Å². The molecule has 0 bridgehead atoms. The van der Waals surface area contributed by atoms with E-state index in [1.165, 1.54) is 6.92 Å². The maximum Gasteiger partial charge on any atom is 0.320 e. The molecule has 15 heavy (non-hydrogen) atoms. The van der Waals surface area contributed by atoms with Crippen LogP contribution in [0, 0.1) is 5.92 Å². The molecular weight excluding hydrogens is 202 g/mol. The second-order valence-electron chi connectivity index (χ2n) is 3.38. The van der Waals surface area contributed by atoms with Crippen molar-refractivity contribution in [3.63, 3.8) is 0 Å². The Labute approximate surface area is 88.1 Å². The van der Waals surface area contributed by atoms with Crippen LogP contribution in [-0.2, 0) is 14.4 Å². The van der Waals surface area contributed by atoms with Gasteiger partial charge in [-0.25, -0.2) is 0 Å². The largest absolute Gasteiger partial charge is 0.481 e. The molecule has 0 aliphatic carbocycles. The average molecular weight is 219 g/mol. The zero-order chi connectivity index (χ0) is 12.6. The molecule has 6 nitrogen and oxygen atoms in total. The number of carbonyl (C=O) groups excluding carboxylic acids is 1. The number of aliphatic carboxylic acids is 2. The SMILES string of the molecule is CC(=O)CC(=O)O.CC(C)[C@H](N)C(=O)O. The molecular formula is C9H17NO5. The summed E-state index contributed by atoms with van der Waals surface area (Å²) >= 11 is 0. The molecule has 4 N–H and O–H groups in total. The highest BCUT2D eigenvalue weighted by Crippen LogP contribution is 1.96. The van der Waals surface area contributed by atoms with Crippen LogP contribution in [0.15, 0.2) is 0 Å². The molecule has 0 radical (unpaired) electrons. The summed E-state index contributed by atoms with van der Waals surface area (Å²) < 4.78 is 0. The van der Waals surface area contributed by atoms with Gasteiger partial charge in [0.2, 0.25) is 0 Å². The van der Waals surface area contributed by atoms with Crippen molar-refractivity contribution in [1.82, 2.24) is 0 Å². The highest BCUT2D eigenvalue weighted by Gasteiger charge is 2.14. The number of nitrogens with two attached hydrogens (primary N) is 1. The topological polar surface area (TPSA) is 118 Å². The lowest BCUT2D eigenvalue weighted by Crippen LogP contribution is -2.34. The molecule has 0 aromatic heterocycles. The maximum atomic E-state index is 10.0. The first-order valence-electron chi connectivity index (χ1n) is 4.38. The van der Waals surface area contributed by atoms with Gasteiger partial charge in [-0.3, -0.25) is 14.4 Å². The van der Waals surface area contributed by atoms with Gasteiger partial charge in [-0.2, -0.15) is 0 Å². The van der Waals surface area contributed by atoms with Crippen molar-refractivity contribution in [3.05, 3.63) is 0 Å². The fraction of sp³-hybridized carbons (Fsp3) is 0.667. The Kier molecular flexibility index (Phi) is 8.46. The smallest absolute Gasteiger partial charge is 0.320 e. The normalized spacial score (nSPS) is 11.3. The Morgan fingerprint density at radius 1 is 1.20 bits per heavy atom. The van der Waals surface area contributed by atoms with Gasteiger partial charge in [0, 0.05) is 0 Å². The van der Waals surface area contributed by atoms with E-state index in [0.29, 0.717) is 0 Å². The van der Waals surface area contributed by atoms with Crippen molar-refractivity contribution in [2.24, 2.45) is 11.7 Å². The minimum Gasteiger partial charge on any atom is -0.481 e. The molecule has 1 atom stereocenters. The van der Waals surface area contributed by atoms with Crippen LogP contribution < -0.4 is 5.73 Å². The summed E-state index contributed by atoms with van der Waals surface area (Å²) in [6.07, 6.45) is -0.361. The second-order valence-corrected chi connectivity index (χ2v) is 3.38. The first kappa shape index (κ1) is 16.0. The molecule has 0 unspecified atom stereocenters. The summed E-state index contributed by atoms with van der Waals surface area (Å²) in [4.78, 5) is 29.5. The van der Waals surface area contributed by atoms with Gasteiger partial charge in [-0.15, -0.1) is 0 Å². The summed E-state index contributed by atoms with van der Waals surface area (Å²) in [6, 6.07) is -0.713. The number of hydrogen-bond donors (Lipinski definition) is 3. The predicted molar refractivity (Wildman–Crippen MR) is 53.4 cm³/mol. The van der Waals surface area contributed by atoms with Gasteiger partial charge in [0.15, 0.2) is 0 Å². The second kappa shape index (κ2) is 7.93. The van der Waals surface area contributed by atoms with E-state index in [4.69, 9.17) is 15.9 Å². The fourth-order valence-corrected chi connectivity index (χ4v) is 0.498. The molecule has 0 aliphatic heterocycles. The van der Waals surface area contributed by atoms with Crippen LogP contribution in [-0.4, -0.2) is 34.0 Å². The van der Waals surface area contributed by atoms with Gasteiger partial charge in [-0.05, 0) is 12.8 Å². The standard InChI is InChI=1S/C5H11NO2.C4H6O3/c1-3(2)4(6)5(7)8;1-3(5)2-4(6)7/h3-4H,6H2,1-2H3,(H,7,8);2H2,1H3,(H,6,7)/t4-;/m0./s1. The monoisotopic (exact) mass is 219 g/mol. The van der Waals surface area contributed by atoms with Crippen molar-refractivity contribution in [1.29, 1.82) is 0 Å². The molecule has 0 saturated carbocycles. The first-order chi connectivity index (χ1) is 6.68. The molecule has 0 spiro atoms. The van der Waals surface area contributed by atoms with Crippen molar-refractivity contribution in [3.8, 4) is 0 Å². The average Bonchev–Trinajstić information content (AvgIpc) is 2.00. The molecule has 0 aliphatic rings. The van der Waals surface area contributed by atoms with E-state index >= 15 is 0 Å². The summed E-state index contributed by atoms with van der Waals surface area (Å²) in [5, 5.41) is 16.1. The van der Waals surface area contributed by atoms with Gasteiger partial charge in [0.25, 0.3) is 0 Å². The summed E-state index contributed by atoms with van der Waals surface area (Å²) in [5.74, 6) is -2.28. The van der Waals surface area contributed by atoms with E-state index < -0.39 is 18.0 Å². The number of hydrogen-bond acceptors (Lipinski definition) is 4. The van der Waals surface area contributed by atoms with Gasteiger partial charge >= 0.3 is 11.9 Å². The Morgan fingerprint density at radius 3 is 1.60 bits per heavy atom. The molecule has 0 aromatic rings. The molecule has 0 aromatic carbocycles. The number of ketones is 1. The zero-order valence-corrected chi connectivity index (χ0v) is 9.06. The van der Waals surface area contributed by atoms with E-state index in [1.54, 1.807) is 13.8 Å². The van der Waals surface area contributed by atoms with Crippen molar-refractivity contribution in [2.45, 2.75) is 33.2 Å². The number of Topliss-reactive ketones (excluding diaryl/α,β-unsaturated/α-hetero) is 1. The van der Waals surface area contributed by atoms with Gasteiger partial charge in [0.05, 0.1) is 0 Å². The molecule has 6 heteroatoms. The number of rotatable bonds is 4. The van der Waals surface area contributed by atoms with Crippen LogP contribution in [0.4, 0.5) is 0 Å². The maximum absolute atomic E-state index is 10.0. The van der Waals surface area contributed by atoms with Crippen molar-refractivity contribution >= 4 is 17.7 Å². The minimum atomic E-state index is -1.06. The molecule has 0 amide bonds. The Balaban J connectivity index is 0. The third-order valence-corrected chi connectivity index (χ3v) is 1.40. The predicted octanol–water partition coefficient (Wildman–Crippen LogP) is 0.104. The van der Waals surface area contributed by atoms with Crippen LogP contribution in [0.3, 0.4) is 0 Å². The van der Waals surface area contributed by atoms with E-state index in [0.717, 1.165) is 0 Å². The summed E-state index contributed by atoms with van der Waals surface area (Å²) in [6.45, 7) is 4.80. The number of carboxylic acid groups (broad SMARTS) is 2. The lowest BCUT2D eigenvalue weighted by molar-refractivity contribution is -0.140. The molecule has 0 fully saturated rings. The number of carbonyl (C=O) groups is 3. The van der Waals surface area contributed by atoms with Gasteiger partial charge < -0.3 is 15.9 Å². The lowest BCUT2D eigenvalue weighted by atomic mass is 10.1. The Morgan fingerprint density at radius 2 is 1.60 bits per heavy atom. The van der Waals surface area contributed by atoms with E-state index in [9.17, 15) is 14.4 Å². The molecule has 0 saturated heterocycles. The highest BCUT2D eigenvalue weighted by atomic mass is 16.4. The van der Waals surface area contributed by atoms with Gasteiger partial charge in [-0.1, -0.05) is 13.8 Å². The fourth-order valence-electron chi connectivity index (χ4n) is 0.498. The number of carboxylic acids is 2. The van der Waals surface area contributed by atoms with E-state index in [1.807, 2.05) is 0 Å². The van der Waals surface area contributed by atoms with E-state index in [2.05, 4.69) is 0 Å². The third-order valence-electron chi connectivity index (χ3n) is 1.40. The minimum absolute atomic E-state index is 0.0208. The van der Waals surface area contributed by atoms with E-state index in [-0.39, 0.29) is 18.1 Å². The quantitative estimate of drug-likeness (QED) is 0.577. The van der Waals surface area contributed by atoms with Gasteiger partial charge in [0.1, 0.15) is 18.2 Å². The summed E-state index contributed by atoms with van der Waals surface area (Å²) in [7, 11) is 0.